The summed E-state index contributed by atoms with van der Waals surface area (Å²) in [4.78, 5) is 16.7. The van der Waals surface area contributed by atoms with Gasteiger partial charge in [-0.05, 0) is 38.6 Å². The normalized spacial score (nSPS) is 25.2. The average molecular weight is 293 g/mol. The fraction of sp³-hybridized carbons (Fsp3) is 0.750. The molecule has 5 nitrogen and oxygen atoms in total. The third-order valence-electron chi connectivity index (χ3n) is 4.39. The zero-order valence-electron chi connectivity index (χ0n) is 13.4. The summed E-state index contributed by atoms with van der Waals surface area (Å²) in [5.41, 5.74) is -0.525. The Morgan fingerprint density at radius 1 is 1.52 bits per heavy atom. The summed E-state index contributed by atoms with van der Waals surface area (Å²) < 4.78 is 7.30. The van der Waals surface area contributed by atoms with E-state index in [0.29, 0.717) is 6.04 Å². The van der Waals surface area contributed by atoms with Crippen LogP contribution in [-0.4, -0.2) is 34.7 Å². The van der Waals surface area contributed by atoms with Crippen molar-refractivity contribution in [2.45, 2.75) is 64.0 Å². The van der Waals surface area contributed by atoms with Crippen LogP contribution in [-0.2, 0) is 16.0 Å². The van der Waals surface area contributed by atoms with Gasteiger partial charge in [0, 0.05) is 24.9 Å². The van der Waals surface area contributed by atoms with Crippen LogP contribution in [0, 0.1) is 0 Å². The van der Waals surface area contributed by atoms with Gasteiger partial charge in [0.25, 0.3) is 0 Å². The highest BCUT2D eigenvalue weighted by Crippen LogP contribution is 2.39. The molecule has 0 radical (unpaired) electrons. The van der Waals surface area contributed by atoms with Gasteiger partial charge in [0.2, 0.25) is 0 Å². The number of hydrogen-bond acceptors (Lipinski definition) is 4. The van der Waals surface area contributed by atoms with Gasteiger partial charge in [0.05, 0.1) is 7.11 Å². The number of carbonyl (C=O) groups excluding carboxylic acids is 1. The highest BCUT2D eigenvalue weighted by molar-refractivity contribution is 5.81. The van der Waals surface area contributed by atoms with E-state index in [9.17, 15) is 4.79 Å². The summed E-state index contributed by atoms with van der Waals surface area (Å²) in [6.45, 7) is 5.11. The molecule has 2 rings (SSSR count). The maximum Gasteiger partial charge on any atom is 0.326 e. The SMILES string of the molecule is CCCNC1(C(=O)OC)CCC(n2ccnc2CCC)C1. The molecule has 1 aliphatic carbocycles. The van der Waals surface area contributed by atoms with Crippen LogP contribution in [0.25, 0.3) is 0 Å². The smallest absolute Gasteiger partial charge is 0.326 e. The van der Waals surface area contributed by atoms with Crippen LogP contribution >= 0.6 is 0 Å². The maximum absolute atomic E-state index is 12.3. The van der Waals surface area contributed by atoms with E-state index in [1.807, 2.05) is 12.4 Å². The number of ether oxygens (including phenoxy) is 1. The highest BCUT2D eigenvalue weighted by atomic mass is 16.5. The number of carbonyl (C=O) groups is 1. The zero-order chi connectivity index (χ0) is 15.3. The molecule has 0 spiro atoms. The van der Waals surface area contributed by atoms with E-state index in [-0.39, 0.29) is 5.97 Å². The van der Waals surface area contributed by atoms with Crippen LogP contribution in [0.15, 0.2) is 12.4 Å². The van der Waals surface area contributed by atoms with Gasteiger partial charge in [-0.15, -0.1) is 0 Å². The van der Waals surface area contributed by atoms with Crippen molar-refractivity contribution in [2.24, 2.45) is 0 Å². The van der Waals surface area contributed by atoms with Crippen LogP contribution < -0.4 is 5.32 Å². The molecule has 2 atom stereocenters. The molecule has 0 saturated heterocycles. The molecule has 1 N–H and O–H groups in total. The molecular weight excluding hydrogens is 266 g/mol. The van der Waals surface area contributed by atoms with Crippen molar-refractivity contribution in [3.05, 3.63) is 18.2 Å². The van der Waals surface area contributed by atoms with Crippen LogP contribution in [0.1, 0.15) is 57.8 Å². The second-order valence-corrected chi connectivity index (χ2v) is 5.90. The minimum Gasteiger partial charge on any atom is -0.468 e. The number of imidazole rings is 1. The van der Waals surface area contributed by atoms with Crippen molar-refractivity contribution in [2.75, 3.05) is 13.7 Å². The molecule has 0 aliphatic heterocycles. The first-order valence-electron chi connectivity index (χ1n) is 8.02. The van der Waals surface area contributed by atoms with E-state index in [4.69, 9.17) is 4.74 Å². The Morgan fingerprint density at radius 3 is 3.00 bits per heavy atom. The number of aryl methyl sites for hydroxylation is 1. The molecule has 0 aromatic carbocycles. The largest absolute Gasteiger partial charge is 0.468 e. The Hall–Kier alpha value is -1.36. The standard InChI is InChI=1S/C16H27N3O2/c1-4-6-14-17-10-11-19(14)13-7-8-16(12-13,15(20)21-3)18-9-5-2/h10-11,13,18H,4-9,12H2,1-3H3. The Bertz CT molecular complexity index is 472. The fourth-order valence-corrected chi connectivity index (χ4v) is 3.33. The summed E-state index contributed by atoms with van der Waals surface area (Å²) in [5, 5.41) is 3.43. The number of nitrogens with one attached hydrogen (secondary N) is 1. The molecule has 21 heavy (non-hydrogen) atoms. The molecule has 1 saturated carbocycles. The summed E-state index contributed by atoms with van der Waals surface area (Å²) >= 11 is 0. The minimum atomic E-state index is -0.525. The number of aromatic nitrogens is 2. The maximum atomic E-state index is 12.3. The zero-order valence-corrected chi connectivity index (χ0v) is 13.4. The molecular formula is C16H27N3O2. The highest BCUT2D eigenvalue weighted by Gasteiger charge is 2.46. The summed E-state index contributed by atoms with van der Waals surface area (Å²) in [7, 11) is 1.48. The number of esters is 1. The number of rotatable bonds is 7. The van der Waals surface area contributed by atoms with Gasteiger partial charge < -0.3 is 14.6 Å². The van der Waals surface area contributed by atoms with Crippen LogP contribution in [0.5, 0.6) is 0 Å². The molecule has 2 unspecified atom stereocenters. The van der Waals surface area contributed by atoms with E-state index in [2.05, 4.69) is 28.7 Å². The first-order chi connectivity index (χ1) is 10.2. The lowest BCUT2D eigenvalue weighted by molar-refractivity contribution is -0.148. The fourth-order valence-electron chi connectivity index (χ4n) is 3.33. The predicted molar refractivity (Wildman–Crippen MR) is 82.2 cm³/mol. The minimum absolute atomic E-state index is 0.129. The van der Waals surface area contributed by atoms with Gasteiger partial charge in [-0.1, -0.05) is 13.8 Å². The van der Waals surface area contributed by atoms with Gasteiger partial charge in [0.15, 0.2) is 0 Å². The molecule has 1 aromatic heterocycles. The Kier molecular flexibility index (Phi) is 5.39. The van der Waals surface area contributed by atoms with Gasteiger partial charge >= 0.3 is 5.97 Å². The third kappa shape index (κ3) is 3.28. The summed E-state index contributed by atoms with van der Waals surface area (Å²) in [6.07, 6.45) is 9.58. The second-order valence-electron chi connectivity index (χ2n) is 5.90. The lowest BCUT2D eigenvalue weighted by Crippen LogP contribution is -2.51. The van der Waals surface area contributed by atoms with E-state index in [0.717, 1.165) is 50.9 Å². The topological polar surface area (TPSA) is 56.1 Å². The van der Waals surface area contributed by atoms with Gasteiger partial charge in [0.1, 0.15) is 11.4 Å². The van der Waals surface area contributed by atoms with Gasteiger partial charge in [-0.2, -0.15) is 0 Å². The van der Waals surface area contributed by atoms with Crippen LogP contribution in [0.4, 0.5) is 0 Å². The lowest BCUT2D eigenvalue weighted by atomic mass is 9.97. The molecule has 1 aliphatic rings. The average Bonchev–Trinajstić information content (AvgIpc) is 3.12. The molecule has 118 valence electrons. The van der Waals surface area contributed by atoms with Crippen molar-refractivity contribution in [3.8, 4) is 0 Å². The number of methoxy groups -OCH3 is 1. The molecule has 5 heteroatoms. The summed E-state index contributed by atoms with van der Waals surface area (Å²) in [5.74, 6) is 0.995. The molecule has 1 aromatic rings. The van der Waals surface area contributed by atoms with E-state index >= 15 is 0 Å². The second kappa shape index (κ2) is 7.07. The molecule has 1 fully saturated rings. The van der Waals surface area contributed by atoms with Crippen molar-refractivity contribution in [1.29, 1.82) is 0 Å². The third-order valence-corrected chi connectivity index (χ3v) is 4.39. The van der Waals surface area contributed by atoms with Crippen molar-refractivity contribution >= 4 is 5.97 Å². The Labute approximate surface area is 127 Å². The number of hydrogen-bond donors (Lipinski definition) is 1. The van der Waals surface area contributed by atoms with Gasteiger partial charge in [-0.3, -0.25) is 4.79 Å². The monoisotopic (exact) mass is 293 g/mol. The first-order valence-corrected chi connectivity index (χ1v) is 8.02. The van der Waals surface area contributed by atoms with E-state index < -0.39 is 5.54 Å². The predicted octanol–water partition coefficient (Wildman–Crippen LogP) is 2.47. The van der Waals surface area contributed by atoms with E-state index in [1.54, 1.807) is 0 Å². The Morgan fingerprint density at radius 2 is 2.33 bits per heavy atom. The molecule has 1 heterocycles. The van der Waals surface area contributed by atoms with Crippen LogP contribution in [0.3, 0.4) is 0 Å². The van der Waals surface area contributed by atoms with Gasteiger partial charge in [-0.25, -0.2) is 4.98 Å². The number of nitrogens with zero attached hydrogens (tertiary/aromatic N) is 2. The van der Waals surface area contributed by atoms with Crippen molar-refractivity contribution < 1.29 is 9.53 Å². The van der Waals surface area contributed by atoms with Crippen molar-refractivity contribution in [1.82, 2.24) is 14.9 Å². The van der Waals surface area contributed by atoms with Crippen molar-refractivity contribution in [3.63, 3.8) is 0 Å². The molecule has 0 amide bonds. The Balaban J connectivity index is 2.15. The molecule has 0 bridgehead atoms. The quantitative estimate of drug-likeness (QED) is 0.785. The first kappa shape index (κ1) is 16.0. The lowest BCUT2D eigenvalue weighted by Gasteiger charge is -2.28. The van der Waals surface area contributed by atoms with Crippen LogP contribution in [0.2, 0.25) is 0 Å². The summed E-state index contributed by atoms with van der Waals surface area (Å²) in [6, 6.07) is 0.331. The van der Waals surface area contributed by atoms with E-state index in [1.165, 1.54) is 7.11 Å².